The highest BCUT2D eigenvalue weighted by Crippen LogP contribution is 2.23. The van der Waals surface area contributed by atoms with Crippen molar-refractivity contribution >= 4 is 11.6 Å². The fraction of sp³-hybridized carbons (Fsp3) is 0.111. The first-order valence-electron chi connectivity index (χ1n) is 3.96. The van der Waals surface area contributed by atoms with Crippen LogP contribution in [0.1, 0.15) is 21.5 Å². The van der Waals surface area contributed by atoms with Gasteiger partial charge in [-0.05, 0) is 18.6 Å². The minimum Gasteiger partial charge on any atom is -0.365 e. The Balaban J connectivity index is 3.58. The molecule has 1 rings (SSSR count). The van der Waals surface area contributed by atoms with Gasteiger partial charge in [-0.25, -0.2) is 0 Å². The molecule has 76 valence electrons. The van der Waals surface area contributed by atoms with Crippen LogP contribution >= 0.6 is 0 Å². The lowest BCUT2D eigenvalue weighted by atomic mass is 10.0. The van der Waals surface area contributed by atoms with Crippen molar-refractivity contribution in [1.29, 1.82) is 5.26 Å². The number of nitriles is 1. The second kappa shape index (κ2) is 3.75. The Bertz CT molecular complexity index is 488. The van der Waals surface area contributed by atoms with E-state index in [1.165, 1.54) is 13.0 Å². The molecule has 2 N–H and O–H groups in total. The van der Waals surface area contributed by atoms with Gasteiger partial charge in [-0.15, -0.1) is 0 Å². The summed E-state index contributed by atoms with van der Waals surface area (Å²) < 4.78 is 0. The Morgan fingerprint density at radius 1 is 1.60 bits per heavy atom. The zero-order valence-electron chi connectivity index (χ0n) is 7.85. The number of amides is 1. The highest BCUT2D eigenvalue weighted by Gasteiger charge is 2.21. The summed E-state index contributed by atoms with van der Waals surface area (Å²) in [7, 11) is 0. The largest absolute Gasteiger partial charge is 0.365 e. The van der Waals surface area contributed by atoms with Gasteiger partial charge in [0.15, 0.2) is 0 Å². The lowest BCUT2D eigenvalue weighted by Gasteiger charge is -2.03. The van der Waals surface area contributed by atoms with Gasteiger partial charge in [0.2, 0.25) is 0 Å². The molecule has 0 spiro atoms. The molecule has 0 saturated heterocycles. The highest BCUT2D eigenvalue weighted by atomic mass is 16.6. The monoisotopic (exact) mass is 205 g/mol. The van der Waals surface area contributed by atoms with Crippen molar-refractivity contribution in [2.75, 3.05) is 0 Å². The topological polar surface area (TPSA) is 110 Å². The average Bonchev–Trinajstić information content (AvgIpc) is 2.15. The van der Waals surface area contributed by atoms with Crippen LogP contribution in [0.15, 0.2) is 12.1 Å². The SMILES string of the molecule is Cc1cc(C#N)cc([N+](=O)[O-])c1C(N)=O. The number of hydrogen-bond donors (Lipinski definition) is 1. The Kier molecular flexibility index (Phi) is 2.67. The van der Waals surface area contributed by atoms with Crippen molar-refractivity contribution in [3.63, 3.8) is 0 Å². The van der Waals surface area contributed by atoms with E-state index in [0.717, 1.165) is 6.07 Å². The zero-order chi connectivity index (χ0) is 11.6. The molecule has 0 heterocycles. The first kappa shape index (κ1) is 10.7. The smallest absolute Gasteiger partial charge is 0.283 e. The summed E-state index contributed by atoms with van der Waals surface area (Å²) in [4.78, 5) is 20.9. The highest BCUT2D eigenvalue weighted by molar-refractivity contribution is 5.98. The molecule has 0 aromatic heterocycles. The predicted octanol–water partition coefficient (Wildman–Crippen LogP) is 0.874. The minimum absolute atomic E-state index is 0.129. The fourth-order valence-corrected chi connectivity index (χ4v) is 1.30. The van der Waals surface area contributed by atoms with Crippen molar-refractivity contribution in [1.82, 2.24) is 0 Å². The number of nitro groups is 1. The predicted molar refractivity (Wildman–Crippen MR) is 51.1 cm³/mol. The van der Waals surface area contributed by atoms with Gasteiger partial charge in [-0.1, -0.05) is 0 Å². The van der Waals surface area contributed by atoms with Gasteiger partial charge in [0.25, 0.3) is 11.6 Å². The van der Waals surface area contributed by atoms with Crippen molar-refractivity contribution in [3.8, 4) is 6.07 Å². The van der Waals surface area contributed by atoms with E-state index < -0.39 is 16.5 Å². The Morgan fingerprint density at radius 3 is 2.60 bits per heavy atom. The van der Waals surface area contributed by atoms with Crippen LogP contribution in [0.4, 0.5) is 5.69 Å². The van der Waals surface area contributed by atoms with Crippen LogP contribution in [0.25, 0.3) is 0 Å². The normalized spacial score (nSPS) is 9.33. The third-order valence-corrected chi connectivity index (χ3v) is 1.89. The third kappa shape index (κ3) is 1.91. The second-order valence-corrected chi connectivity index (χ2v) is 2.92. The molecule has 0 bridgehead atoms. The van der Waals surface area contributed by atoms with Crippen molar-refractivity contribution < 1.29 is 9.72 Å². The van der Waals surface area contributed by atoms with Crippen LogP contribution in [0.5, 0.6) is 0 Å². The quantitative estimate of drug-likeness (QED) is 0.570. The lowest BCUT2D eigenvalue weighted by Crippen LogP contribution is -2.15. The van der Waals surface area contributed by atoms with Gasteiger partial charge >= 0.3 is 0 Å². The Morgan fingerprint density at radius 2 is 2.20 bits per heavy atom. The number of nitro benzene ring substituents is 1. The van der Waals surface area contributed by atoms with Gasteiger partial charge < -0.3 is 5.73 Å². The summed E-state index contributed by atoms with van der Waals surface area (Å²) in [6.45, 7) is 1.49. The first-order chi connectivity index (χ1) is 6.97. The van der Waals surface area contributed by atoms with E-state index in [-0.39, 0.29) is 11.1 Å². The van der Waals surface area contributed by atoms with E-state index in [4.69, 9.17) is 11.0 Å². The molecule has 15 heavy (non-hydrogen) atoms. The van der Waals surface area contributed by atoms with Crippen molar-refractivity contribution in [2.45, 2.75) is 6.92 Å². The Hall–Kier alpha value is -2.42. The van der Waals surface area contributed by atoms with Crippen LogP contribution in [-0.2, 0) is 0 Å². The van der Waals surface area contributed by atoms with E-state index >= 15 is 0 Å². The van der Waals surface area contributed by atoms with E-state index in [1.807, 2.05) is 0 Å². The van der Waals surface area contributed by atoms with E-state index in [0.29, 0.717) is 5.56 Å². The molecule has 0 aliphatic heterocycles. The molecule has 0 radical (unpaired) electrons. The number of rotatable bonds is 2. The number of aryl methyl sites for hydroxylation is 1. The number of primary amides is 1. The van der Waals surface area contributed by atoms with Gasteiger partial charge in [0.1, 0.15) is 5.56 Å². The van der Waals surface area contributed by atoms with Crippen molar-refractivity contribution in [3.05, 3.63) is 38.9 Å². The van der Waals surface area contributed by atoms with Gasteiger partial charge in [-0.3, -0.25) is 14.9 Å². The number of carbonyl (C=O) groups is 1. The molecule has 0 aliphatic carbocycles. The summed E-state index contributed by atoms with van der Waals surface area (Å²) in [6, 6.07) is 4.19. The van der Waals surface area contributed by atoms with Crippen LogP contribution in [-0.4, -0.2) is 10.8 Å². The van der Waals surface area contributed by atoms with Crippen LogP contribution in [0, 0.1) is 28.4 Å². The summed E-state index contributed by atoms with van der Waals surface area (Å²) in [5.41, 5.74) is 4.89. The molecule has 1 aromatic rings. The molecule has 6 nitrogen and oxygen atoms in total. The molecule has 6 heteroatoms. The molecule has 0 aliphatic rings. The molecule has 0 saturated carbocycles. The van der Waals surface area contributed by atoms with Gasteiger partial charge in [0.05, 0.1) is 16.6 Å². The van der Waals surface area contributed by atoms with Crippen LogP contribution in [0.3, 0.4) is 0 Å². The Labute approximate surface area is 85.1 Å². The maximum atomic E-state index is 11.0. The first-order valence-corrected chi connectivity index (χ1v) is 3.96. The summed E-state index contributed by atoms with van der Waals surface area (Å²) in [5, 5.41) is 19.2. The zero-order valence-corrected chi connectivity index (χ0v) is 7.85. The van der Waals surface area contributed by atoms with Crippen LogP contribution in [0.2, 0.25) is 0 Å². The second-order valence-electron chi connectivity index (χ2n) is 2.92. The number of hydrogen-bond acceptors (Lipinski definition) is 4. The minimum atomic E-state index is -0.872. The van der Waals surface area contributed by atoms with Crippen molar-refractivity contribution in [2.24, 2.45) is 5.73 Å². The third-order valence-electron chi connectivity index (χ3n) is 1.89. The summed E-state index contributed by atoms with van der Waals surface area (Å²) in [5.74, 6) is -0.872. The lowest BCUT2D eigenvalue weighted by molar-refractivity contribution is -0.385. The molecular weight excluding hydrogens is 198 g/mol. The molecular formula is C9H7N3O3. The van der Waals surface area contributed by atoms with Crippen LogP contribution < -0.4 is 5.73 Å². The molecule has 1 aromatic carbocycles. The number of nitrogens with two attached hydrogens (primary N) is 1. The molecule has 0 fully saturated rings. The number of benzene rings is 1. The molecule has 1 amide bonds. The maximum Gasteiger partial charge on any atom is 0.283 e. The fourth-order valence-electron chi connectivity index (χ4n) is 1.30. The average molecular weight is 205 g/mol. The van der Waals surface area contributed by atoms with Gasteiger partial charge in [0, 0.05) is 6.07 Å². The van der Waals surface area contributed by atoms with E-state index in [9.17, 15) is 14.9 Å². The van der Waals surface area contributed by atoms with Gasteiger partial charge in [-0.2, -0.15) is 5.26 Å². The standard InChI is InChI=1S/C9H7N3O3/c1-5-2-6(4-10)3-7(12(14)15)8(5)9(11)13/h2-3H,1H3,(H2,11,13). The van der Waals surface area contributed by atoms with E-state index in [1.54, 1.807) is 6.07 Å². The maximum absolute atomic E-state index is 11.0. The molecule has 0 unspecified atom stereocenters. The number of carbonyl (C=O) groups excluding carboxylic acids is 1. The summed E-state index contributed by atoms with van der Waals surface area (Å²) >= 11 is 0. The summed E-state index contributed by atoms with van der Waals surface area (Å²) in [6.07, 6.45) is 0. The molecule has 0 atom stereocenters. The number of nitrogens with zero attached hydrogens (tertiary/aromatic N) is 2. The van der Waals surface area contributed by atoms with E-state index in [2.05, 4.69) is 0 Å².